The predicted octanol–water partition coefficient (Wildman–Crippen LogP) is 2.49. The SMILES string of the molecule is Cl.NC[C@H]1CC[C@@H](C(=O)NCc2cc(Cl)ccc2OC(F)F)O1. The van der Waals surface area contributed by atoms with E-state index in [0.717, 1.165) is 6.42 Å². The molecule has 1 aromatic carbocycles. The van der Waals surface area contributed by atoms with Crippen molar-refractivity contribution in [2.45, 2.75) is 38.2 Å². The lowest BCUT2D eigenvalue weighted by atomic mass is 10.1. The molecule has 2 atom stereocenters. The van der Waals surface area contributed by atoms with E-state index in [0.29, 0.717) is 23.6 Å². The monoisotopic (exact) mass is 370 g/mol. The lowest BCUT2D eigenvalue weighted by Crippen LogP contribution is -2.35. The number of rotatable bonds is 6. The molecule has 0 aromatic heterocycles. The summed E-state index contributed by atoms with van der Waals surface area (Å²) in [5.41, 5.74) is 5.86. The molecule has 23 heavy (non-hydrogen) atoms. The van der Waals surface area contributed by atoms with Crippen LogP contribution in [0.1, 0.15) is 18.4 Å². The molecule has 0 radical (unpaired) electrons. The molecule has 0 aliphatic carbocycles. The van der Waals surface area contributed by atoms with Crippen molar-refractivity contribution < 1.29 is 23.0 Å². The summed E-state index contributed by atoms with van der Waals surface area (Å²) in [7, 11) is 0. The Bertz CT molecular complexity index is 535. The molecule has 1 fully saturated rings. The van der Waals surface area contributed by atoms with Gasteiger partial charge < -0.3 is 20.5 Å². The van der Waals surface area contributed by atoms with E-state index in [-0.39, 0.29) is 36.7 Å². The summed E-state index contributed by atoms with van der Waals surface area (Å²) in [6.07, 6.45) is 0.640. The van der Waals surface area contributed by atoms with Crippen LogP contribution < -0.4 is 15.8 Å². The molecule has 1 amide bonds. The van der Waals surface area contributed by atoms with E-state index in [1.807, 2.05) is 0 Å². The standard InChI is InChI=1S/C14H17ClF2N2O3.ClH/c15-9-1-3-11(22-14(16)17)8(5-9)7-19-13(20)12-4-2-10(6-18)21-12;/h1,3,5,10,12,14H,2,4,6-7,18H2,(H,19,20);1H/t10-,12+;/m1./s1. The van der Waals surface area contributed by atoms with E-state index in [2.05, 4.69) is 10.1 Å². The van der Waals surface area contributed by atoms with Gasteiger partial charge in [-0.15, -0.1) is 12.4 Å². The number of amides is 1. The second-order valence-corrected chi connectivity index (χ2v) is 5.34. The van der Waals surface area contributed by atoms with Crippen molar-refractivity contribution in [2.24, 2.45) is 5.73 Å². The Hall–Kier alpha value is -1.15. The number of hydrogen-bond donors (Lipinski definition) is 2. The molecule has 1 heterocycles. The van der Waals surface area contributed by atoms with Gasteiger partial charge >= 0.3 is 6.61 Å². The van der Waals surface area contributed by atoms with Gasteiger partial charge in [0.25, 0.3) is 0 Å². The van der Waals surface area contributed by atoms with Crippen LogP contribution in [0.4, 0.5) is 8.78 Å². The number of alkyl halides is 2. The van der Waals surface area contributed by atoms with E-state index in [9.17, 15) is 13.6 Å². The molecular formula is C14H18Cl2F2N2O3. The smallest absolute Gasteiger partial charge is 0.387 e. The van der Waals surface area contributed by atoms with Crippen LogP contribution in [-0.2, 0) is 16.1 Å². The molecule has 130 valence electrons. The fraction of sp³-hybridized carbons (Fsp3) is 0.500. The Labute approximate surface area is 143 Å². The largest absolute Gasteiger partial charge is 0.434 e. The van der Waals surface area contributed by atoms with Crippen LogP contribution >= 0.6 is 24.0 Å². The summed E-state index contributed by atoms with van der Waals surface area (Å²) in [6, 6.07) is 4.25. The highest BCUT2D eigenvalue weighted by Gasteiger charge is 2.29. The van der Waals surface area contributed by atoms with Gasteiger partial charge in [-0.3, -0.25) is 4.79 Å². The van der Waals surface area contributed by atoms with Crippen molar-refractivity contribution in [1.82, 2.24) is 5.32 Å². The Morgan fingerprint density at radius 2 is 2.22 bits per heavy atom. The minimum Gasteiger partial charge on any atom is -0.434 e. The maximum atomic E-state index is 12.4. The maximum Gasteiger partial charge on any atom is 0.387 e. The highest BCUT2D eigenvalue weighted by Crippen LogP contribution is 2.25. The first-order chi connectivity index (χ1) is 10.5. The zero-order chi connectivity index (χ0) is 16.1. The van der Waals surface area contributed by atoms with Gasteiger partial charge in [-0.25, -0.2) is 0 Å². The third kappa shape index (κ3) is 5.76. The first-order valence-corrected chi connectivity index (χ1v) is 7.24. The zero-order valence-electron chi connectivity index (χ0n) is 12.1. The lowest BCUT2D eigenvalue weighted by Gasteiger charge is -2.15. The number of carbonyl (C=O) groups excluding carboxylic acids is 1. The lowest BCUT2D eigenvalue weighted by molar-refractivity contribution is -0.132. The van der Waals surface area contributed by atoms with Crippen molar-refractivity contribution in [3.8, 4) is 5.75 Å². The molecule has 0 saturated carbocycles. The number of hydrogen-bond acceptors (Lipinski definition) is 4. The van der Waals surface area contributed by atoms with Crippen LogP contribution in [-0.4, -0.2) is 31.3 Å². The first-order valence-electron chi connectivity index (χ1n) is 6.86. The van der Waals surface area contributed by atoms with Gasteiger partial charge in [-0.2, -0.15) is 8.78 Å². The van der Waals surface area contributed by atoms with Crippen molar-refractivity contribution >= 4 is 29.9 Å². The van der Waals surface area contributed by atoms with Crippen LogP contribution in [0.2, 0.25) is 5.02 Å². The maximum absolute atomic E-state index is 12.4. The van der Waals surface area contributed by atoms with E-state index in [4.69, 9.17) is 22.1 Å². The molecule has 0 spiro atoms. The fourth-order valence-electron chi connectivity index (χ4n) is 2.27. The summed E-state index contributed by atoms with van der Waals surface area (Å²) in [5.74, 6) is -0.328. The first kappa shape index (κ1) is 19.9. The zero-order valence-corrected chi connectivity index (χ0v) is 13.7. The molecule has 0 bridgehead atoms. The van der Waals surface area contributed by atoms with Crippen LogP contribution in [0, 0.1) is 0 Å². The second kappa shape index (κ2) is 9.22. The van der Waals surface area contributed by atoms with Crippen LogP contribution in [0.3, 0.4) is 0 Å². The Kier molecular flexibility index (Phi) is 7.98. The normalized spacial score (nSPS) is 20.2. The quantitative estimate of drug-likeness (QED) is 0.806. The van der Waals surface area contributed by atoms with Crippen molar-refractivity contribution in [3.05, 3.63) is 28.8 Å². The Balaban J connectivity index is 0.00000264. The number of benzene rings is 1. The topological polar surface area (TPSA) is 73.6 Å². The highest BCUT2D eigenvalue weighted by atomic mass is 35.5. The molecule has 2 rings (SSSR count). The van der Waals surface area contributed by atoms with Crippen LogP contribution in [0.15, 0.2) is 18.2 Å². The highest BCUT2D eigenvalue weighted by molar-refractivity contribution is 6.30. The minimum absolute atomic E-state index is 0. The molecular weight excluding hydrogens is 353 g/mol. The van der Waals surface area contributed by atoms with E-state index < -0.39 is 12.7 Å². The molecule has 1 aromatic rings. The van der Waals surface area contributed by atoms with Gasteiger partial charge in [-0.1, -0.05) is 11.6 Å². The average Bonchev–Trinajstić information content (AvgIpc) is 2.95. The Morgan fingerprint density at radius 1 is 1.48 bits per heavy atom. The van der Waals surface area contributed by atoms with E-state index >= 15 is 0 Å². The van der Waals surface area contributed by atoms with Crippen LogP contribution in [0.5, 0.6) is 5.75 Å². The van der Waals surface area contributed by atoms with Gasteiger partial charge in [0.1, 0.15) is 11.9 Å². The summed E-state index contributed by atoms with van der Waals surface area (Å²) in [4.78, 5) is 12.0. The summed E-state index contributed by atoms with van der Waals surface area (Å²) >= 11 is 5.84. The predicted molar refractivity (Wildman–Crippen MR) is 84.1 cm³/mol. The number of ether oxygens (including phenoxy) is 2. The number of nitrogens with two attached hydrogens (primary N) is 1. The van der Waals surface area contributed by atoms with Crippen molar-refractivity contribution in [2.75, 3.05) is 6.54 Å². The summed E-state index contributed by atoms with van der Waals surface area (Å²) in [5, 5.41) is 3.00. The van der Waals surface area contributed by atoms with Gasteiger partial charge in [0.05, 0.1) is 6.10 Å². The number of halogens is 4. The van der Waals surface area contributed by atoms with Crippen LogP contribution in [0.25, 0.3) is 0 Å². The minimum atomic E-state index is -2.95. The fourth-order valence-corrected chi connectivity index (χ4v) is 2.46. The van der Waals surface area contributed by atoms with E-state index in [1.54, 1.807) is 0 Å². The third-order valence-corrected chi connectivity index (χ3v) is 3.59. The Morgan fingerprint density at radius 3 is 2.83 bits per heavy atom. The second-order valence-electron chi connectivity index (χ2n) is 4.91. The van der Waals surface area contributed by atoms with Gasteiger partial charge in [0.15, 0.2) is 0 Å². The molecule has 1 saturated heterocycles. The van der Waals surface area contributed by atoms with Crippen molar-refractivity contribution in [3.63, 3.8) is 0 Å². The molecule has 5 nitrogen and oxygen atoms in total. The average molecular weight is 371 g/mol. The molecule has 3 N–H and O–H groups in total. The molecule has 1 aliphatic heterocycles. The third-order valence-electron chi connectivity index (χ3n) is 3.35. The molecule has 0 unspecified atom stereocenters. The molecule has 9 heteroatoms. The van der Waals surface area contributed by atoms with Gasteiger partial charge in [0.2, 0.25) is 5.91 Å². The van der Waals surface area contributed by atoms with Gasteiger partial charge in [-0.05, 0) is 31.0 Å². The summed E-state index contributed by atoms with van der Waals surface area (Å²) < 4.78 is 34.6. The molecule has 1 aliphatic rings. The number of nitrogens with one attached hydrogen (secondary N) is 1. The van der Waals surface area contributed by atoms with Crippen molar-refractivity contribution in [1.29, 1.82) is 0 Å². The summed E-state index contributed by atoms with van der Waals surface area (Å²) in [6.45, 7) is -2.56. The number of carbonyl (C=O) groups is 1. The van der Waals surface area contributed by atoms with Gasteiger partial charge in [0, 0.05) is 23.7 Å². The van der Waals surface area contributed by atoms with E-state index in [1.165, 1.54) is 18.2 Å².